The van der Waals surface area contributed by atoms with Crippen LogP contribution in [0.15, 0.2) is 41.3 Å². The molecule has 7 nitrogen and oxygen atoms in total. The van der Waals surface area contributed by atoms with Crippen molar-refractivity contribution in [1.82, 2.24) is 9.62 Å². The maximum Gasteiger partial charge on any atom is 0.260 e. The topological polar surface area (TPSA) is 78.9 Å². The number of aryl methyl sites for hydroxylation is 1. The van der Waals surface area contributed by atoms with E-state index in [0.29, 0.717) is 37.7 Å². The van der Waals surface area contributed by atoms with Gasteiger partial charge in [0.25, 0.3) is 5.91 Å². The van der Waals surface area contributed by atoms with Crippen LogP contribution in [0.3, 0.4) is 0 Å². The highest BCUT2D eigenvalue weighted by molar-refractivity contribution is 7.89. The highest BCUT2D eigenvalue weighted by Crippen LogP contribution is 2.28. The Morgan fingerprint density at radius 1 is 1.09 bits per heavy atom. The van der Waals surface area contributed by atoms with Gasteiger partial charge in [0.1, 0.15) is 5.75 Å². The zero-order valence-corrected chi connectivity index (χ0v) is 21.1. The quantitative estimate of drug-likeness (QED) is 0.510. The van der Waals surface area contributed by atoms with Gasteiger partial charge in [0.05, 0.1) is 9.92 Å². The van der Waals surface area contributed by atoms with Gasteiger partial charge >= 0.3 is 0 Å². The van der Waals surface area contributed by atoms with Crippen molar-refractivity contribution in [1.29, 1.82) is 0 Å². The highest BCUT2D eigenvalue weighted by atomic mass is 35.5. The van der Waals surface area contributed by atoms with Crippen LogP contribution in [-0.4, -0.2) is 58.6 Å². The number of benzene rings is 2. The van der Waals surface area contributed by atoms with E-state index in [4.69, 9.17) is 27.9 Å². The number of hydrogen-bond donors (Lipinski definition) is 1. The molecule has 1 amide bonds. The van der Waals surface area contributed by atoms with Crippen molar-refractivity contribution in [2.75, 3.05) is 44.2 Å². The van der Waals surface area contributed by atoms with Crippen molar-refractivity contribution in [2.45, 2.75) is 31.6 Å². The Labute approximate surface area is 205 Å². The summed E-state index contributed by atoms with van der Waals surface area (Å²) in [5.74, 6) is 0.122. The summed E-state index contributed by atoms with van der Waals surface area (Å²) in [5, 5.41) is 0.831. The molecule has 0 saturated carbocycles. The van der Waals surface area contributed by atoms with E-state index in [9.17, 15) is 13.2 Å². The molecule has 10 heteroatoms. The normalized spacial score (nSPS) is 14.4. The second-order valence-electron chi connectivity index (χ2n) is 7.93. The third-order valence-electron chi connectivity index (χ3n) is 5.53. The summed E-state index contributed by atoms with van der Waals surface area (Å²) in [6.07, 6.45) is 1.64. The molecular formula is C23H29Cl2N3O4S. The maximum absolute atomic E-state index is 12.6. The van der Waals surface area contributed by atoms with E-state index in [2.05, 4.69) is 9.62 Å². The van der Waals surface area contributed by atoms with Crippen molar-refractivity contribution in [3.05, 3.63) is 52.0 Å². The fourth-order valence-corrected chi connectivity index (χ4v) is 5.15. The van der Waals surface area contributed by atoms with Crippen molar-refractivity contribution in [3.63, 3.8) is 0 Å². The summed E-state index contributed by atoms with van der Waals surface area (Å²) in [7, 11) is -3.63. The molecule has 0 radical (unpaired) electrons. The van der Waals surface area contributed by atoms with Gasteiger partial charge < -0.3 is 14.5 Å². The van der Waals surface area contributed by atoms with Crippen molar-refractivity contribution >= 4 is 44.8 Å². The number of nitrogens with one attached hydrogen (secondary N) is 1. The third-order valence-corrected chi connectivity index (χ3v) is 7.52. The Morgan fingerprint density at radius 3 is 2.48 bits per heavy atom. The number of hydrogen-bond acceptors (Lipinski definition) is 5. The maximum atomic E-state index is 12.6. The molecule has 1 fully saturated rings. The van der Waals surface area contributed by atoms with Crippen LogP contribution in [0.2, 0.25) is 10.0 Å². The minimum Gasteiger partial charge on any atom is -0.482 e. The summed E-state index contributed by atoms with van der Waals surface area (Å²) in [5.41, 5.74) is 2.22. The average Bonchev–Trinajstić information content (AvgIpc) is 2.80. The van der Waals surface area contributed by atoms with Gasteiger partial charge in [-0.1, -0.05) is 42.6 Å². The van der Waals surface area contributed by atoms with E-state index in [1.807, 2.05) is 32.0 Å². The SMILES string of the molecule is CCCCNS(=O)(=O)c1ccc(OCC(=O)N2CCN(c3cc(Cl)ccc3C)CC2)c(Cl)c1. The molecule has 0 unspecified atom stereocenters. The molecule has 0 bridgehead atoms. The Morgan fingerprint density at radius 2 is 1.82 bits per heavy atom. The lowest BCUT2D eigenvalue weighted by molar-refractivity contribution is -0.133. The first-order valence-corrected chi connectivity index (χ1v) is 13.2. The molecule has 0 atom stereocenters. The number of unbranched alkanes of at least 4 members (excludes halogenated alkanes) is 1. The van der Waals surface area contributed by atoms with Crippen LogP contribution in [0.5, 0.6) is 5.75 Å². The fraction of sp³-hybridized carbons (Fsp3) is 0.435. The second kappa shape index (κ2) is 11.4. The van der Waals surface area contributed by atoms with E-state index in [0.717, 1.165) is 24.1 Å². The Kier molecular flexibility index (Phi) is 8.87. The fourth-order valence-electron chi connectivity index (χ4n) is 3.58. The summed E-state index contributed by atoms with van der Waals surface area (Å²) >= 11 is 12.4. The minimum atomic E-state index is -3.63. The number of piperazine rings is 1. The standard InChI is InChI=1S/C23H29Cl2N3O4S/c1-3-4-9-26-33(30,31)19-7-8-22(20(25)15-19)32-16-23(29)28-12-10-27(11-13-28)21-14-18(24)6-5-17(21)2/h5-8,14-15,26H,3-4,9-13,16H2,1-2H3. The van der Waals surface area contributed by atoms with Crippen LogP contribution in [0.4, 0.5) is 5.69 Å². The largest absolute Gasteiger partial charge is 0.482 e. The van der Waals surface area contributed by atoms with E-state index >= 15 is 0 Å². The summed E-state index contributed by atoms with van der Waals surface area (Å²) in [6.45, 7) is 6.77. The number of carbonyl (C=O) groups excluding carboxylic acids is 1. The molecule has 1 aliphatic heterocycles. The van der Waals surface area contributed by atoms with Crippen LogP contribution < -0.4 is 14.4 Å². The lowest BCUT2D eigenvalue weighted by Gasteiger charge is -2.36. The number of rotatable bonds is 9. The van der Waals surface area contributed by atoms with E-state index in [1.54, 1.807) is 4.90 Å². The predicted molar refractivity (Wildman–Crippen MR) is 132 cm³/mol. The van der Waals surface area contributed by atoms with Gasteiger partial charge in [0.2, 0.25) is 10.0 Å². The zero-order chi connectivity index (χ0) is 24.0. The Hall–Kier alpha value is -2.00. The van der Waals surface area contributed by atoms with Crippen LogP contribution in [-0.2, 0) is 14.8 Å². The van der Waals surface area contributed by atoms with Crippen molar-refractivity contribution < 1.29 is 17.9 Å². The molecule has 0 spiro atoms. The highest BCUT2D eigenvalue weighted by Gasteiger charge is 2.23. The zero-order valence-electron chi connectivity index (χ0n) is 18.8. The van der Waals surface area contributed by atoms with E-state index in [1.165, 1.54) is 18.2 Å². The van der Waals surface area contributed by atoms with Crippen molar-refractivity contribution in [3.8, 4) is 5.75 Å². The number of nitrogens with zero attached hydrogens (tertiary/aromatic N) is 2. The first-order valence-electron chi connectivity index (χ1n) is 10.9. The van der Waals surface area contributed by atoms with Gasteiger partial charge in [-0.25, -0.2) is 13.1 Å². The molecule has 2 aromatic carbocycles. The molecule has 0 aliphatic carbocycles. The number of ether oxygens (including phenoxy) is 1. The number of amides is 1. The first kappa shape index (κ1) is 25.6. The lowest BCUT2D eigenvalue weighted by atomic mass is 10.1. The molecule has 1 saturated heterocycles. The molecule has 33 heavy (non-hydrogen) atoms. The Balaban J connectivity index is 1.53. The first-order chi connectivity index (χ1) is 15.7. The third kappa shape index (κ3) is 6.76. The van der Waals surface area contributed by atoms with Gasteiger partial charge in [0.15, 0.2) is 6.61 Å². The van der Waals surface area contributed by atoms with Crippen LogP contribution in [0.25, 0.3) is 0 Å². The number of anilines is 1. The van der Waals surface area contributed by atoms with Gasteiger partial charge in [-0.15, -0.1) is 0 Å². The molecule has 1 aliphatic rings. The summed E-state index contributed by atoms with van der Waals surface area (Å²) < 4.78 is 32.8. The van der Waals surface area contributed by atoms with Crippen molar-refractivity contribution in [2.24, 2.45) is 0 Å². The van der Waals surface area contributed by atoms with Gasteiger partial charge in [0, 0.05) is 43.4 Å². The van der Waals surface area contributed by atoms with Gasteiger partial charge in [-0.3, -0.25) is 4.79 Å². The van der Waals surface area contributed by atoms with Gasteiger partial charge in [-0.05, 0) is 49.2 Å². The number of carbonyl (C=O) groups is 1. The van der Waals surface area contributed by atoms with E-state index in [-0.39, 0.29) is 28.2 Å². The molecule has 180 valence electrons. The smallest absolute Gasteiger partial charge is 0.260 e. The monoisotopic (exact) mass is 513 g/mol. The van der Waals surface area contributed by atoms with Crippen LogP contribution in [0.1, 0.15) is 25.3 Å². The summed E-state index contributed by atoms with van der Waals surface area (Å²) in [4.78, 5) is 16.7. The lowest BCUT2D eigenvalue weighted by Crippen LogP contribution is -2.50. The van der Waals surface area contributed by atoms with Crippen LogP contribution >= 0.6 is 23.2 Å². The van der Waals surface area contributed by atoms with Crippen LogP contribution in [0, 0.1) is 6.92 Å². The molecule has 0 aromatic heterocycles. The summed E-state index contributed by atoms with van der Waals surface area (Å²) in [6, 6.07) is 10.0. The molecular weight excluding hydrogens is 485 g/mol. The molecule has 1 heterocycles. The molecule has 2 aromatic rings. The number of sulfonamides is 1. The van der Waals surface area contributed by atoms with Gasteiger partial charge in [-0.2, -0.15) is 0 Å². The predicted octanol–water partition coefficient (Wildman–Crippen LogP) is 4.11. The average molecular weight is 514 g/mol. The Bertz CT molecular complexity index is 1090. The second-order valence-corrected chi connectivity index (χ2v) is 10.5. The van der Waals surface area contributed by atoms with E-state index < -0.39 is 10.0 Å². The molecule has 3 rings (SSSR count). The minimum absolute atomic E-state index is 0.0645. The molecule has 1 N–H and O–H groups in total. The number of halogens is 2.